The summed E-state index contributed by atoms with van der Waals surface area (Å²) in [6.07, 6.45) is 9.47. The molecule has 0 saturated carbocycles. The number of nitrogens with zero attached hydrogens (tertiary/aromatic N) is 4. The van der Waals surface area contributed by atoms with Crippen LogP contribution in [-0.2, 0) is 0 Å². The SMILES string of the molecule is C=C(/C=C\C(F)=N/C)N/C(=N/C#N)NCCCCC1CCN(C(=O)c2ccccc2)CC1. The average molecular weight is 439 g/mol. The van der Waals surface area contributed by atoms with Gasteiger partial charge in [-0.1, -0.05) is 37.6 Å². The molecule has 2 N–H and O–H groups in total. The fraction of sp³-hybridized carbons (Fsp3) is 0.417. The van der Waals surface area contributed by atoms with Crippen LogP contribution >= 0.6 is 0 Å². The second-order valence-electron chi connectivity index (χ2n) is 7.61. The molecule has 1 fully saturated rings. The van der Waals surface area contributed by atoms with Crippen molar-refractivity contribution in [1.29, 1.82) is 5.26 Å². The number of rotatable bonds is 9. The number of carbonyl (C=O) groups excluding carboxylic acids is 1. The van der Waals surface area contributed by atoms with Crippen molar-refractivity contribution in [1.82, 2.24) is 15.5 Å². The molecule has 0 aliphatic carbocycles. The summed E-state index contributed by atoms with van der Waals surface area (Å²) >= 11 is 0. The topological polar surface area (TPSA) is 92.9 Å². The molecule has 0 atom stereocenters. The summed E-state index contributed by atoms with van der Waals surface area (Å²) in [6.45, 7) is 6.01. The molecule has 7 nitrogen and oxygen atoms in total. The van der Waals surface area contributed by atoms with E-state index in [0.717, 1.165) is 50.8 Å². The maximum Gasteiger partial charge on any atom is 0.253 e. The fourth-order valence-corrected chi connectivity index (χ4v) is 3.55. The van der Waals surface area contributed by atoms with Crippen LogP contribution in [-0.4, -0.2) is 49.4 Å². The lowest BCUT2D eigenvalue weighted by atomic mass is 9.91. The predicted molar refractivity (Wildman–Crippen MR) is 126 cm³/mol. The number of guanidine groups is 1. The smallest absolute Gasteiger partial charge is 0.253 e. The van der Waals surface area contributed by atoms with Gasteiger partial charge in [-0.25, -0.2) is 0 Å². The number of hydrogen-bond acceptors (Lipinski definition) is 4. The highest BCUT2D eigenvalue weighted by Crippen LogP contribution is 2.23. The van der Waals surface area contributed by atoms with E-state index in [2.05, 4.69) is 27.2 Å². The van der Waals surface area contributed by atoms with E-state index in [1.54, 1.807) is 6.19 Å². The highest BCUT2D eigenvalue weighted by molar-refractivity contribution is 5.94. The normalized spacial score (nSPS) is 15.5. The van der Waals surface area contributed by atoms with E-state index >= 15 is 0 Å². The molecule has 1 aromatic carbocycles. The Bertz CT molecular complexity index is 880. The molecule has 0 radical (unpaired) electrons. The summed E-state index contributed by atoms with van der Waals surface area (Å²) in [6, 6.07) is 9.43. The zero-order valence-corrected chi connectivity index (χ0v) is 18.6. The molecule has 1 saturated heterocycles. The number of aliphatic imine (C=N–C) groups is 2. The third-order valence-corrected chi connectivity index (χ3v) is 5.33. The van der Waals surface area contributed by atoms with Crippen LogP contribution in [0.15, 0.2) is 64.7 Å². The Kier molecular flexibility index (Phi) is 10.7. The molecule has 0 spiro atoms. The molecule has 1 aliphatic rings. The minimum Gasteiger partial charge on any atom is -0.355 e. The van der Waals surface area contributed by atoms with Crippen LogP contribution in [0.5, 0.6) is 0 Å². The fourth-order valence-electron chi connectivity index (χ4n) is 3.55. The number of benzene rings is 1. The number of halogens is 1. The van der Waals surface area contributed by atoms with Gasteiger partial charge in [-0.15, -0.1) is 4.99 Å². The molecule has 0 bridgehead atoms. The van der Waals surface area contributed by atoms with E-state index in [1.165, 1.54) is 19.2 Å². The Morgan fingerprint density at radius 3 is 2.66 bits per heavy atom. The molecule has 32 heavy (non-hydrogen) atoms. The number of hydrogen-bond donors (Lipinski definition) is 2. The zero-order valence-electron chi connectivity index (χ0n) is 18.6. The van der Waals surface area contributed by atoms with Gasteiger partial charge in [0.15, 0.2) is 0 Å². The largest absolute Gasteiger partial charge is 0.355 e. The Morgan fingerprint density at radius 2 is 2.00 bits per heavy atom. The molecule has 1 amide bonds. The number of carbonyl (C=O) groups is 1. The van der Waals surface area contributed by atoms with Gasteiger partial charge >= 0.3 is 0 Å². The van der Waals surface area contributed by atoms with Gasteiger partial charge in [0.05, 0.1) is 0 Å². The minimum absolute atomic E-state index is 0.117. The maximum atomic E-state index is 13.0. The van der Waals surface area contributed by atoms with Crippen molar-refractivity contribution in [2.45, 2.75) is 32.1 Å². The number of allylic oxidation sites excluding steroid dienone is 2. The standard InChI is InChI=1S/C24H31FN6O/c1-19(11-12-22(25)27-2)30-24(29-18-26)28-15-7-6-8-20-13-16-31(17-14-20)23(32)21-9-4-3-5-10-21/h3-5,9-12,20H,1,6-8,13-17H2,2H3,(H2,28,29,30)/b12-11-,27-22+. The van der Waals surface area contributed by atoms with Gasteiger partial charge in [0.1, 0.15) is 0 Å². The highest BCUT2D eigenvalue weighted by atomic mass is 19.1. The van der Waals surface area contributed by atoms with Crippen molar-refractivity contribution in [3.8, 4) is 6.19 Å². The number of nitrogens with one attached hydrogen (secondary N) is 2. The van der Waals surface area contributed by atoms with Crippen molar-refractivity contribution < 1.29 is 9.18 Å². The van der Waals surface area contributed by atoms with E-state index in [1.807, 2.05) is 35.2 Å². The monoisotopic (exact) mass is 438 g/mol. The zero-order chi connectivity index (χ0) is 23.2. The second-order valence-corrected chi connectivity index (χ2v) is 7.61. The Labute approximate surface area is 189 Å². The first-order valence-corrected chi connectivity index (χ1v) is 10.8. The van der Waals surface area contributed by atoms with Gasteiger partial charge in [0.25, 0.3) is 5.91 Å². The van der Waals surface area contributed by atoms with E-state index < -0.39 is 5.97 Å². The quantitative estimate of drug-likeness (QED) is 0.202. The van der Waals surface area contributed by atoms with E-state index in [0.29, 0.717) is 18.2 Å². The lowest BCUT2D eigenvalue weighted by Gasteiger charge is -2.32. The van der Waals surface area contributed by atoms with Gasteiger partial charge in [-0.3, -0.25) is 9.79 Å². The molecule has 1 aromatic rings. The third kappa shape index (κ3) is 8.72. The number of likely N-dealkylation sites (tertiary alicyclic amines) is 1. The molecular formula is C24H31FN6O. The molecular weight excluding hydrogens is 407 g/mol. The first-order chi connectivity index (χ1) is 15.5. The van der Waals surface area contributed by atoms with Crippen molar-refractivity contribution in [2.75, 3.05) is 26.7 Å². The van der Waals surface area contributed by atoms with Crippen LogP contribution in [0.2, 0.25) is 0 Å². The molecule has 170 valence electrons. The summed E-state index contributed by atoms with van der Waals surface area (Å²) in [5, 5.41) is 14.8. The van der Waals surface area contributed by atoms with E-state index in [9.17, 15) is 9.18 Å². The molecule has 2 rings (SSSR count). The van der Waals surface area contributed by atoms with Crippen molar-refractivity contribution in [2.24, 2.45) is 15.9 Å². The number of piperidine rings is 1. The summed E-state index contributed by atoms with van der Waals surface area (Å²) in [5.41, 5.74) is 1.14. The average Bonchev–Trinajstić information content (AvgIpc) is 2.82. The minimum atomic E-state index is -0.616. The van der Waals surface area contributed by atoms with Crippen molar-refractivity contribution in [3.05, 3.63) is 60.3 Å². The Balaban J connectivity index is 1.64. The van der Waals surface area contributed by atoms with Gasteiger partial charge in [0.2, 0.25) is 18.1 Å². The number of unbranched alkanes of at least 4 members (excludes halogenated alkanes) is 1. The van der Waals surface area contributed by atoms with Crippen LogP contribution in [0.4, 0.5) is 4.39 Å². The summed E-state index contributed by atoms with van der Waals surface area (Å²) in [4.78, 5) is 21.6. The Hall–Kier alpha value is -3.47. The first-order valence-electron chi connectivity index (χ1n) is 10.8. The van der Waals surface area contributed by atoms with E-state index in [4.69, 9.17) is 5.26 Å². The molecule has 1 aliphatic heterocycles. The summed E-state index contributed by atoms with van der Waals surface area (Å²) in [7, 11) is 1.35. The molecule has 0 unspecified atom stereocenters. The third-order valence-electron chi connectivity index (χ3n) is 5.33. The van der Waals surface area contributed by atoms with Crippen LogP contribution in [0, 0.1) is 17.4 Å². The number of amides is 1. The van der Waals surface area contributed by atoms with Gasteiger partial charge < -0.3 is 15.5 Å². The van der Waals surface area contributed by atoms with Gasteiger partial charge in [-0.2, -0.15) is 9.65 Å². The van der Waals surface area contributed by atoms with Crippen LogP contribution < -0.4 is 10.6 Å². The highest BCUT2D eigenvalue weighted by Gasteiger charge is 2.23. The van der Waals surface area contributed by atoms with E-state index in [-0.39, 0.29) is 11.9 Å². The molecule has 8 heteroatoms. The van der Waals surface area contributed by atoms with Crippen molar-refractivity contribution >= 4 is 17.8 Å². The van der Waals surface area contributed by atoms with Crippen LogP contribution in [0.3, 0.4) is 0 Å². The lowest BCUT2D eigenvalue weighted by Crippen LogP contribution is -2.38. The van der Waals surface area contributed by atoms with Gasteiger partial charge in [0, 0.05) is 37.9 Å². The molecule has 1 heterocycles. The Morgan fingerprint density at radius 1 is 1.28 bits per heavy atom. The predicted octanol–water partition coefficient (Wildman–Crippen LogP) is 3.79. The summed E-state index contributed by atoms with van der Waals surface area (Å²) in [5.74, 6) is 0.408. The van der Waals surface area contributed by atoms with Crippen LogP contribution in [0.25, 0.3) is 0 Å². The second kappa shape index (κ2) is 13.8. The summed E-state index contributed by atoms with van der Waals surface area (Å²) < 4.78 is 13.0. The molecule has 0 aromatic heterocycles. The van der Waals surface area contributed by atoms with Crippen LogP contribution in [0.1, 0.15) is 42.5 Å². The van der Waals surface area contributed by atoms with Crippen molar-refractivity contribution in [3.63, 3.8) is 0 Å². The number of nitriles is 1. The van der Waals surface area contributed by atoms with Gasteiger partial charge in [-0.05, 0) is 49.5 Å². The maximum absolute atomic E-state index is 13.0. The lowest BCUT2D eigenvalue weighted by molar-refractivity contribution is 0.0686. The first kappa shape index (κ1) is 24.8.